The van der Waals surface area contributed by atoms with Crippen LogP contribution in [0.25, 0.3) is 0 Å². The molecule has 1 atom stereocenters. The molecule has 0 aromatic carbocycles. The van der Waals surface area contributed by atoms with Crippen molar-refractivity contribution in [1.29, 1.82) is 0 Å². The zero-order chi connectivity index (χ0) is 16.5. The number of carbonyl (C=O) groups is 1. The van der Waals surface area contributed by atoms with Gasteiger partial charge < -0.3 is 10.2 Å². The third-order valence-corrected chi connectivity index (χ3v) is 5.33. The summed E-state index contributed by atoms with van der Waals surface area (Å²) >= 11 is 0. The van der Waals surface area contributed by atoms with Gasteiger partial charge in [0.25, 0.3) is 5.91 Å². The van der Waals surface area contributed by atoms with Gasteiger partial charge in [0.05, 0.1) is 11.5 Å². The molecule has 6 nitrogen and oxygen atoms in total. The van der Waals surface area contributed by atoms with Crippen molar-refractivity contribution in [2.75, 3.05) is 23.9 Å². The Labute approximate surface area is 131 Å². The Morgan fingerprint density at radius 1 is 1.41 bits per heavy atom. The molecule has 1 aromatic heterocycles. The maximum atomic E-state index is 12.5. The van der Waals surface area contributed by atoms with Crippen molar-refractivity contribution in [1.82, 2.24) is 9.88 Å². The molecule has 1 amide bonds. The summed E-state index contributed by atoms with van der Waals surface area (Å²) in [7, 11) is -1.38. The van der Waals surface area contributed by atoms with Crippen LogP contribution in [0.1, 0.15) is 37.7 Å². The van der Waals surface area contributed by atoms with Crippen LogP contribution in [0.4, 0.5) is 5.69 Å². The van der Waals surface area contributed by atoms with Gasteiger partial charge in [-0.2, -0.15) is 0 Å². The van der Waals surface area contributed by atoms with E-state index in [9.17, 15) is 13.2 Å². The van der Waals surface area contributed by atoms with Gasteiger partial charge in [0.2, 0.25) is 0 Å². The molecule has 0 aliphatic carbocycles. The molecule has 1 fully saturated rings. The molecule has 1 aliphatic heterocycles. The van der Waals surface area contributed by atoms with Gasteiger partial charge in [-0.15, -0.1) is 0 Å². The first-order chi connectivity index (χ1) is 10.1. The molecule has 2 heterocycles. The molecule has 1 N–H and O–H groups in total. The number of hydrogen-bond acceptors (Lipinski definition) is 5. The number of hydrogen-bond donors (Lipinski definition) is 1. The molecule has 1 aliphatic rings. The lowest BCUT2D eigenvalue weighted by molar-refractivity contribution is 0.0742. The highest BCUT2D eigenvalue weighted by Gasteiger charge is 2.33. The number of nitrogens with one attached hydrogen (secondary N) is 1. The highest BCUT2D eigenvalue weighted by atomic mass is 32.2. The number of aromatic nitrogens is 1. The van der Waals surface area contributed by atoms with E-state index in [-0.39, 0.29) is 29.0 Å². The van der Waals surface area contributed by atoms with Gasteiger partial charge in [-0.25, -0.2) is 8.42 Å². The Kier molecular flexibility index (Phi) is 4.47. The highest BCUT2D eigenvalue weighted by molar-refractivity contribution is 7.91. The zero-order valence-corrected chi connectivity index (χ0v) is 14.3. The Bertz CT molecular complexity index is 665. The Morgan fingerprint density at radius 2 is 2.09 bits per heavy atom. The summed E-state index contributed by atoms with van der Waals surface area (Å²) in [5.74, 6) is -0.0663. The van der Waals surface area contributed by atoms with Crippen LogP contribution in [0.15, 0.2) is 18.3 Å². The smallest absolute Gasteiger partial charge is 0.272 e. The van der Waals surface area contributed by atoms with E-state index >= 15 is 0 Å². The number of nitrogens with zero attached hydrogens (tertiary/aromatic N) is 2. The topological polar surface area (TPSA) is 79.4 Å². The fourth-order valence-electron chi connectivity index (χ4n) is 2.49. The van der Waals surface area contributed by atoms with Crippen LogP contribution in [-0.4, -0.2) is 54.3 Å². The second-order valence-electron chi connectivity index (χ2n) is 6.78. The van der Waals surface area contributed by atoms with Crippen LogP contribution in [0.2, 0.25) is 0 Å². The van der Waals surface area contributed by atoms with Crippen LogP contribution in [0.3, 0.4) is 0 Å². The quantitative estimate of drug-likeness (QED) is 0.912. The van der Waals surface area contributed by atoms with Crippen LogP contribution in [0.5, 0.6) is 0 Å². The SMILES string of the molecule is CN(C(=O)c1cc(NC(C)(C)C)ccn1)C1CCS(=O)(=O)C1. The summed E-state index contributed by atoms with van der Waals surface area (Å²) in [6.07, 6.45) is 2.07. The van der Waals surface area contributed by atoms with Gasteiger partial charge in [-0.05, 0) is 39.3 Å². The monoisotopic (exact) mass is 325 g/mol. The van der Waals surface area contributed by atoms with E-state index < -0.39 is 9.84 Å². The van der Waals surface area contributed by atoms with Gasteiger partial charge >= 0.3 is 0 Å². The van der Waals surface area contributed by atoms with E-state index in [0.717, 1.165) is 5.69 Å². The van der Waals surface area contributed by atoms with Crippen molar-refractivity contribution in [3.63, 3.8) is 0 Å². The van der Waals surface area contributed by atoms with E-state index in [1.165, 1.54) is 4.90 Å². The van der Waals surface area contributed by atoms with E-state index in [1.54, 1.807) is 19.3 Å². The third-order valence-electron chi connectivity index (χ3n) is 3.57. The molecule has 0 spiro atoms. The first kappa shape index (κ1) is 16.7. The van der Waals surface area contributed by atoms with Gasteiger partial charge in [0.15, 0.2) is 9.84 Å². The molecular formula is C15H23N3O3S. The molecule has 1 unspecified atom stereocenters. The van der Waals surface area contributed by atoms with E-state index in [2.05, 4.69) is 10.3 Å². The Morgan fingerprint density at radius 3 is 2.64 bits per heavy atom. The summed E-state index contributed by atoms with van der Waals surface area (Å²) in [6, 6.07) is 3.24. The number of sulfone groups is 1. The molecule has 22 heavy (non-hydrogen) atoms. The lowest BCUT2D eigenvalue weighted by Crippen LogP contribution is -2.38. The minimum atomic E-state index is -3.02. The van der Waals surface area contributed by atoms with Crippen molar-refractivity contribution in [3.8, 4) is 0 Å². The first-order valence-electron chi connectivity index (χ1n) is 7.29. The molecule has 122 valence electrons. The number of pyridine rings is 1. The van der Waals surface area contributed by atoms with Gasteiger partial charge in [-0.1, -0.05) is 0 Å². The van der Waals surface area contributed by atoms with Crippen molar-refractivity contribution in [2.24, 2.45) is 0 Å². The van der Waals surface area contributed by atoms with Crippen LogP contribution in [-0.2, 0) is 9.84 Å². The predicted molar refractivity (Wildman–Crippen MR) is 86.8 cm³/mol. The molecule has 0 radical (unpaired) electrons. The van der Waals surface area contributed by atoms with Crippen LogP contribution < -0.4 is 5.32 Å². The van der Waals surface area contributed by atoms with Gasteiger partial charge in [0, 0.05) is 30.5 Å². The molecule has 0 bridgehead atoms. The molecule has 0 saturated carbocycles. The number of carbonyl (C=O) groups excluding carboxylic acids is 1. The average molecular weight is 325 g/mol. The minimum absolute atomic E-state index is 0.0369. The van der Waals surface area contributed by atoms with E-state index in [1.807, 2.05) is 26.8 Å². The lowest BCUT2D eigenvalue weighted by atomic mass is 10.1. The molecule has 2 rings (SSSR count). The standard InChI is InChI=1S/C15H23N3O3S/c1-15(2,3)17-11-5-7-16-13(9-11)14(19)18(4)12-6-8-22(20,21)10-12/h5,7,9,12H,6,8,10H2,1-4H3,(H,16,17). The second kappa shape index (κ2) is 5.87. The molecule has 7 heteroatoms. The first-order valence-corrected chi connectivity index (χ1v) is 9.11. The zero-order valence-electron chi connectivity index (χ0n) is 13.5. The fraction of sp³-hybridized carbons (Fsp3) is 0.600. The number of rotatable bonds is 3. The van der Waals surface area contributed by atoms with Crippen molar-refractivity contribution < 1.29 is 13.2 Å². The summed E-state index contributed by atoms with van der Waals surface area (Å²) in [5, 5.41) is 3.29. The predicted octanol–water partition coefficient (Wildman–Crippen LogP) is 1.55. The van der Waals surface area contributed by atoms with Crippen molar-refractivity contribution >= 4 is 21.4 Å². The normalized spacial score (nSPS) is 20.6. The van der Waals surface area contributed by atoms with E-state index in [0.29, 0.717) is 12.1 Å². The maximum absolute atomic E-state index is 12.5. The summed E-state index contributed by atoms with van der Waals surface area (Å²) in [4.78, 5) is 18.1. The number of anilines is 1. The lowest BCUT2D eigenvalue weighted by Gasteiger charge is -2.24. The van der Waals surface area contributed by atoms with Crippen molar-refractivity contribution in [3.05, 3.63) is 24.0 Å². The second-order valence-corrected chi connectivity index (χ2v) is 9.01. The Balaban J connectivity index is 2.14. The average Bonchev–Trinajstić information content (AvgIpc) is 2.76. The molecular weight excluding hydrogens is 302 g/mol. The summed E-state index contributed by atoms with van der Waals surface area (Å²) in [5.41, 5.74) is 1.02. The van der Waals surface area contributed by atoms with Crippen LogP contribution >= 0.6 is 0 Å². The molecule has 1 saturated heterocycles. The fourth-order valence-corrected chi connectivity index (χ4v) is 4.26. The largest absolute Gasteiger partial charge is 0.380 e. The third kappa shape index (κ3) is 4.19. The van der Waals surface area contributed by atoms with Crippen LogP contribution in [0, 0.1) is 0 Å². The highest BCUT2D eigenvalue weighted by Crippen LogP contribution is 2.20. The summed E-state index contributed by atoms with van der Waals surface area (Å²) < 4.78 is 23.1. The van der Waals surface area contributed by atoms with Crippen molar-refractivity contribution in [2.45, 2.75) is 38.8 Å². The number of amides is 1. The Hall–Kier alpha value is -1.63. The summed E-state index contributed by atoms with van der Waals surface area (Å²) in [6.45, 7) is 6.10. The van der Waals surface area contributed by atoms with E-state index in [4.69, 9.17) is 0 Å². The van der Waals surface area contributed by atoms with Gasteiger partial charge in [0.1, 0.15) is 5.69 Å². The molecule has 1 aromatic rings. The van der Waals surface area contributed by atoms with Gasteiger partial charge in [-0.3, -0.25) is 9.78 Å². The minimum Gasteiger partial charge on any atom is -0.380 e. The maximum Gasteiger partial charge on any atom is 0.272 e.